The fraction of sp³-hybridized carbons (Fsp3) is 0.0667. The minimum absolute atomic E-state index is 0.0461. The van der Waals surface area contributed by atoms with Gasteiger partial charge in [0.05, 0.1) is 16.1 Å². The zero-order valence-corrected chi connectivity index (χ0v) is 23.8. The second kappa shape index (κ2) is 13.6. The summed E-state index contributed by atoms with van der Waals surface area (Å²) in [6.45, 7) is 14.5. The molecular formula is C30H2F4N16. The molecular weight excluding hydrogens is 660 g/mol. The van der Waals surface area contributed by atoms with Crippen molar-refractivity contribution in [1.82, 2.24) is 19.9 Å². The Balaban J connectivity index is 0.000000246. The number of halogens is 4. The quantitative estimate of drug-likeness (QED) is 0.190. The van der Waals surface area contributed by atoms with Crippen molar-refractivity contribution in [3.8, 4) is 59.9 Å². The summed E-state index contributed by atoms with van der Waals surface area (Å²) in [5.74, 6) is -8.62. The summed E-state index contributed by atoms with van der Waals surface area (Å²) < 4.78 is 54.5. The number of nitriles is 8. The molecule has 0 saturated carbocycles. The van der Waals surface area contributed by atoms with E-state index in [1.807, 2.05) is 0 Å². The van der Waals surface area contributed by atoms with Crippen LogP contribution in [0.2, 0.25) is 0 Å². The second-order valence-electron chi connectivity index (χ2n) is 8.98. The topological polar surface area (TPSA) is 275 Å². The molecule has 2 aromatic heterocycles. The molecule has 3 aromatic rings. The Kier molecular flexibility index (Phi) is 9.24. The standard InChI is InChI=1S/C18H2N12.C12F4N4/c1-23-17-9(5-21)27-13-11-12(26-8(4-20)7(3-19)25-11)14-16(15(13)29-17)30-18(24-2)10(6-22)28-14;13-9-7(5(1-17)2-18)10(14)12(16)8(11(9)15)6(3-19)4-20/h13,15H;. The van der Waals surface area contributed by atoms with Gasteiger partial charge in [0.25, 0.3) is 0 Å². The molecule has 0 saturated heterocycles. The Bertz CT molecular complexity index is 2480. The minimum Gasteiger partial charge on any atom is -0.359 e. The van der Waals surface area contributed by atoms with Crippen molar-refractivity contribution in [2.75, 3.05) is 0 Å². The van der Waals surface area contributed by atoms with Crippen molar-refractivity contribution in [3.63, 3.8) is 0 Å². The zero-order valence-electron chi connectivity index (χ0n) is 23.8. The second-order valence-corrected chi connectivity index (χ2v) is 8.98. The van der Waals surface area contributed by atoms with Crippen LogP contribution in [-0.4, -0.2) is 31.5 Å². The first kappa shape index (κ1) is 34.0. The largest absolute Gasteiger partial charge is 0.359 e. The minimum atomic E-state index is -2.03. The summed E-state index contributed by atoms with van der Waals surface area (Å²) in [5, 5.41) is 68.2. The van der Waals surface area contributed by atoms with Crippen LogP contribution in [0.25, 0.3) is 32.2 Å². The monoisotopic (exact) mass is 662 g/mol. The van der Waals surface area contributed by atoms with Crippen LogP contribution in [0.3, 0.4) is 0 Å². The lowest BCUT2D eigenvalue weighted by Gasteiger charge is -2.26. The molecule has 50 heavy (non-hydrogen) atoms. The predicted molar refractivity (Wildman–Crippen MR) is 151 cm³/mol. The SMILES string of the molecule is N#CC(C#N)=c1c(F)c(F)c(=C(C#N)C#N)c(F)c1F.[C-]#[N+]C1=NC2c3nc([N+]#[C-])c(C#N)nc3-c3nc(C#N)c(C#N)nc3C2N=C1C#N. The molecule has 1 aliphatic heterocycles. The summed E-state index contributed by atoms with van der Waals surface area (Å²) in [6, 6.07) is 9.53. The molecule has 20 heteroatoms. The van der Waals surface area contributed by atoms with Crippen LogP contribution in [0, 0.1) is 127 Å². The van der Waals surface area contributed by atoms with Crippen LogP contribution in [0.15, 0.2) is 9.98 Å². The predicted octanol–water partition coefficient (Wildman–Crippen LogP) is 2.13. The summed E-state index contributed by atoms with van der Waals surface area (Å²) in [5.41, 5.74) is -3.04. The third-order valence-electron chi connectivity index (χ3n) is 6.50. The van der Waals surface area contributed by atoms with E-state index in [0.29, 0.717) is 0 Å². The van der Waals surface area contributed by atoms with E-state index in [1.165, 1.54) is 0 Å². The number of fused-ring (bicyclic) bond motifs is 6. The molecule has 3 heterocycles. The lowest BCUT2D eigenvalue weighted by Crippen LogP contribution is -2.31. The molecule has 0 bridgehead atoms. The van der Waals surface area contributed by atoms with E-state index in [9.17, 15) is 38.6 Å². The van der Waals surface area contributed by atoms with Gasteiger partial charge in [0.1, 0.15) is 77.1 Å². The number of benzene rings is 1. The first-order valence-corrected chi connectivity index (χ1v) is 12.6. The number of hydrogen-bond acceptors (Lipinski definition) is 14. The first-order valence-electron chi connectivity index (χ1n) is 12.6. The smallest absolute Gasteiger partial charge is 0.306 e. The number of aromatic nitrogens is 4. The van der Waals surface area contributed by atoms with E-state index in [1.54, 1.807) is 24.3 Å². The van der Waals surface area contributed by atoms with Crippen LogP contribution in [0.5, 0.6) is 0 Å². The van der Waals surface area contributed by atoms with Gasteiger partial charge in [0.2, 0.25) is 11.7 Å². The third-order valence-corrected chi connectivity index (χ3v) is 6.50. The van der Waals surface area contributed by atoms with E-state index in [2.05, 4.69) is 39.6 Å². The van der Waals surface area contributed by atoms with Crippen LogP contribution in [-0.2, 0) is 0 Å². The molecule has 0 radical (unpaired) electrons. The highest BCUT2D eigenvalue weighted by atomic mass is 19.2. The van der Waals surface area contributed by atoms with Crippen molar-refractivity contribution in [3.05, 3.63) is 85.0 Å². The Morgan fingerprint density at radius 3 is 1.36 bits per heavy atom. The molecule has 0 fully saturated rings. The highest BCUT2D eigenvalue weighted by molar-refractivity contribution is 6.51. The summed E-state index contributed by atoms with van der Waals surface area (Å²) >= 11 is 0. The van der Waals surface area contributed by atoms with Gasteiger partial charge in [0, 0.05) is 0 Å². The normalized spacial score (nSPS) is 14.0. The van der Waals surface area contributed by atoms with Gasteiger partial charge in [-0.1, -0.05) is 13.1 Å². The van der Waals surface area contributed by atoms with Crippen molar-refractivity contribution >= 4 is 28.5 Å². The van der Waals surface area contributed by atoms with E-state index in [4.69, 9.17) is 34.2 Å². The van der Waals surface area contributed by atoms with E-state index < -0.39 is 56.9 Å². The van der Waals surface area contributed by atoms with Gasteiger partial charge < -0.3 is 9.69 Å². The maximum atomic E-state index is 13.6. The van der Waals surface area contributed by atoms with Crippen LogP contribution in [0.1, 0.15) is 40.6 Å². The van der Waals surface area contributed by atoms with Crippen LogP contribution < -0.4 is 10.4 Å². The van der Waals surface area contributed by atoms with Gasteiger partial charge in [-0.05, 0) is 0 Å². The van der Waals surface area contributed by atoms with Gasteiger partial charge in [0.15, 0.2) is 46.1 Å². The molecule has 0 amide bonds. The molecule has 0 spiro atoms. The van der Waals surface area contributed by atoms with E-state index >= 15 is 0 Å². The molecule has 1 aromatic carbocycles. The highest BCUT2D eigenvalue weighted by Gasteiger charge is 2.47. The van der Waals surface area contributed by atoms with Crippen molar-refractivity contribution in [2.45, 2.75) is 12.1 Å². The van der Waals surface area contributed by atoms with Crippen molar-refractivity contribution < 1.29 is 17.6 Å². The lowest BCUT2D eigenvalue weighted by atomic mass is 9.89. The van der Waals surface area contributed by atoms with Gasteiger partial charge in [-0.2, -0.15) is 42.1 Å². The molecule has 2 atom stereocenters. The summed E-state index contributed by atoms with van der Waals surface area (Å²) in [6.07, 6.45) is 0. The lowest BCUT2D eigenvalue weighted by molar-refractivity contribution is 0.434. The fourth-order valence-electron chi connectivity index (χ4n) is 4.41. The van der Waals surface area contributed by atoms with Crippen LogP contribution in [0.4, 0.5) is 23.4 Å². The zero-order chi connectivity index (χ0) is 36.9. The van der Waals surface area contributed by atoms with Gasteiger partial charge in [-0.3, -0.25) is 4.99 Å². The Morgan fingerprint density at radius 1 is 0.540 bits per heavy atom. The number of aliphatic imine (C=N–C) groups is 2. The average Bonchev–Trinajstić information content (AvgIpc) is 3.15. The Morgan fingerprint density at radius 2 is 0.960 bits per heavy atom. The molecule has 1 aliphatic carbocycles. The number of hydrogen-bond donors (Lipinski definition) is 0. The Labute approximate surface area is 275 Å². The van der Waals surface area contributed by atoms with Gasteiger partial charge in [-0.25, -0.2) is 32.5 Å². The maximum absolute atomic E-state index is 13.6. The first-order chi connectivity index (χ1) is 24.0. The fourth-order valence-corrected chi connectivity index (χ4v) is 4.41. The average molecular weight is 662 g/mol. The van der Waals surface area contributed by atoms with Crippen molar-refractivity contribution in [2.24, 2.45) is 9.98 Å². The van der Waals surface area contributed by atoms with Crippen molar-refractivity contribution in [1.29, 1.82) is 42.1 Å². The van der Waals surface area contributed by atoms with Gasteiger partial charge >= 0.3 is 11.7 Å². The molecule has 230 valence electrons. The third kappa shape index (κ3) is 5.33. The number of amidine groups is 1. The number of rotatable bonds is 0. The van der Waals surface area contributed by atoms with E-state index in [0.717, 1.165) is 24.3 Å². The maximum Gasteiger partial charge on any atom is 0.306 e. The van der Waals surface area contributed by atoms with Gasteiger partial charge in [-0.15, -0.1) is 9.98 Å². The van der Waals surface area contributed by atoms with Crippen LogP contribution >= 0.6 is 0 Å². The number of nitrogens with zero attached hydrogens (tertiary/aromatic N) is 16. The summed E-state index contributed by atoms with van der Waals surface area (Å²) in [4.78, 5) is 31.6. The molecule has 2 aliphatic rings. The highest BCUT2D eigenvalue weighted by Crippen LogP contribution is 2.47. The molecule has 16 nitrogen and oxygen atoms in total. The molecule has 2 unspecified atom stereocenters. The molecule has 5 rings (SSSR count). The Hall–Kier alpha value is -8.92. The molecule has 0 N–H and O–H groups in total. The summed E-state index contributed by atoms with van der Waals surface area (Å²) in [7, 11) is 0. The van der Waals surface area contributed by atoms with E-state index in [-0.39, 0.29) is 57.2 Å².